The van der Waals surface area contributed by atoms with Crippen molar-refractivity contribution in [3.05, 3.63) is 30.1 Å². The largest absolute Gasteiger partial charge is 0.312 e. The lowest BCUT2D eigenvalue weighted by atomic mass is 10.0. The minimum atomic E-state index is 0.892. The fraction of sp³-hybridized carbons (Fsp3) is 0.583. The molecular weight excluding hydrogens is 204 g/mol. The number of pyridine rings is 1. The number of hydrogen-bond donors (Lipinski definition) is 1. The molecular formula is C12H18N2S. The number of nitrogens with zero attached hydrogens (tertiary/aromatic N) is 1. The smallest absolute Gasteiger partial charge is 0.0312 e. The molecule has 0 unspecified atom stereocenters. The maximum Gasteiger partial charge on any atom is 0.0312 e. The maximum absolute atomic E-state index is 4.11. The van der Waals surface area contributed by atoms with E-state index in [4.69, 9.17) is 0 Å². The van der Waals surface area contributed by atoms with Gasteiger partial charge in [-0.05, 0) is 48.4 Å². The third kappa shape index (κ3) is 3.84. The number of thioether (sulfide) groups is 1. The Morgan fingerprint density at radius 1 is 1.40 bits per heavy atom. The Morgan fingerprint density at radius 2 is 2.27 bits per heavy atom. The summed E-state index contributed by atoms with van der Waals surface area (Å²) in [7, 11) is 0. The molecule has 0 bridgehead atoms. The van der Waals surface area contributed by atoms with Gasteiger partial charge >= 0.3 is 0 Å². The minimum absolute atomic E-state index is 0.892. The summed E-state index contributed by atoms with van der Waals surface area (Å²) in [6, 6.07) is 4.12. The molecule has 1 aromatic rings. The fourth-order valence-electron chi connectivity index (χ4n) is 1.87. The van der Waals surface area contributed by atoms with Crippen LogP contribution in [0.3, 0.4) is 0 Å². The Balaban J connectivity index is 1.66. The van der Waals surface area contributed by atoms with E-state index in [-0.39, 0.29) is 0 Å². The van der Waals surface area contributed by atoms with Gasteiger partial charge in [0.05, 0.1) is 0 Å². The van der Waals surface area contributed by atoms with Crippen molar-refractivity contribution in [3.8, 4) is 0 Å². The first-order chi connectivity index (χ1) is 7.45. The molecule has 0 spiro atoms. The van der Waals surface area contributed by atoms with Crippen LogP contribution in [0.5, 0.6) is 0 Å². The van der Waals surface area contributed by atoms with Crippen LogP contribution in [0.2, 0.25) is 0 Å². The molecule has 3 heteroatoms. The van der Waals surface area contributed by atoms with E-state index in [1.807, 2.05) is 18.5 Å². The van der Waals surface area contributed by atoms with E-state index in [0.29, 0.717) is 0 Å². The normalized spacial score (nSPS) is 17.9. The first-order valence-electron chi connectivity index (χ1n) is 5.62. The van der Waals surface area contributed by atoms with Crippen molar-refractivity contribution in [2.45, 2.75) is 19.4 Å². The van der Waals surface area contributed by atoms with Gasteiger partial charge in [0.25, 0.3) is 0 Å². The Morgan fingerprint density at radius 3 is 3.00 bits per heavy atom. The molecule has 0 radical (unpaired) electrons. The third-order valence-corrected chi connectivity index (χ3v) is 3.87. The molecule has 0 amide bonds. The summed E-state index contributed by atoms with van der Waals surface area (Å²) in [4.78, 5) is 4.11. The zero-order valence-corrected chi connectivity index (χ0v) is 9.80. The summed E-state index contributed by atoms with van der Waals surface area (Å²) in [5, 5.41) is 3.52. The molecule has 15 heavy (non-hydrogen) atoms. The van der Waals surface area contributed by atoms with E-state index in [0.717, 1.165) is 19.0 Å². The average Bonchev–Trinajstić information content (AvgIpc) is 2.32. The standard InChI is InChI=1S/C12H18N2S/c1-2-12(9-13-5-1)10-14-8-11-3-6-15-7-4-11/h1-2,5,9,11,14H,3-4,6-8,10H2. The second-order valence-electron chi connectivity index (χ2n) is 4.05. The number of nitrogens with one attached hydrogen (secondary N) is 1. The zero-order valence-electron chi connectivity index (χ0n) is 8.98. The highest BCUT2D eigenvalue weighted by Gasteiger charge is 2.12. The molecule has 1 N–H and O–H groups in total. The summed E-state index contributed by atoms with van der Waals surface area (Å²) in [5.41, 5.74) is 1.28. The highest BCUT2D eigenvalue weighted by Crippen LogP contribution is 2.21. The van der Waals surface area contributed by atoms with Gasteiger partial charge in [0.2, 0.25) is 0 Å². The number of aromatic nitrogens is 1. The van der Waals surface area contributed by atoms with E-state index < -0.39 is 0 Å². The molecule has 1 aliphatic rings. The van der Waals surface area contributed by atoms with Crippen molar-refractivity contribution in [2.24, 2.45) is 5.92 Å². The van der Waals surface area contributed by atoms with Crippen molar-refractivity contribution in [1.29, 1.82) is 0 Å². The van der Waals surface area contributed by atoms with Crippen molar-refractivity contribution < 1.29 is 0 Å². The van der Waals surface area contributed by atoms with E-state index >= 15 is 0 Å². The predicted molar refractivity (Wildman–Crippen MR) is 66.0 cm³/mol. The number of hydrogen-bond acceptors (Lipinski definition) is 3. The van der Waals surface area contributed by atoms with Crippen LogP contribution >= 0.6 is 11.8 Å². The monoisotopic (exact) mass is 222 g/mol. The Bertz CT molecular complexity index is 270. The van der Waals surface area contributed by atoms with Gasteiger partial charge in [-0.2, -0.15) is 11.8 Å². The van der Waals surface area contributed by atoms with Gasteiger partial charge in [-0.15, -0.1) is 0 Å². The minimum Gasteiger partial charge on any atom is -0.312 e. The van der Waals surface area contributed by atoms with Gasteiger partial charge in [0, 0.05) is 18.9 Å². The van der Waals surface area contributed by atoms with E-state index in [9.17, 15) is 0 Å². The second kappa shape index (κ2) is 6.13. The van der Waals surface area contributed by atoms with E-state index in [1.165, 1.54) is 29.9 Å². The van der Waals surface area contributed by atoms with Crippen LogP contribution in [-0.4, -0.2) is 23.0 Å². The van der Waals surface area contributed by atoms with Crippen molar-refractivity contribution in [1.82, 2.24) is 10.3 Å². The molecule has 2 heterocycles. The van der Waals surface area contributed by atoms with Gasteiger partial charge in [-0.25, -0.2) is 0 Å². The van der Waals surface area contributed by atoms with Gasteiger partial charge < -0.3 is 5.32 Å². The molecule has 1 aliphatic heterocycles. The summed E-state index contributed by atoms with van der Waals surface area (Å²) in [5.74, 6) is 3.58. The average molecular weight is 222 g/mol. The molecule has 1 aromatic heterocycles. The second-order valence-corrected chi connectivity index (χ2v) is 5.27. The summed E-state index contributed by atoms with van der Waals surface area (Å²) in [6.07, 6.45) is 6.51. The van der Waals surface area contributed by atoms with Crippen LogP contribution in [0.15, 0.2) is 24.5 Å². The molecule has 0 aliphatic carbocycles. The lowest BCUT2D eigenvalue weighted by Gasteiger charge is -2.21. The first kappa shape index (κ1) is 11.0. The molecule has 1 fully saturated rings. The van der Waals surface area contributed by atoms with Crippen molar-refractivity contribution in [3.63, 3.8) is 0 Å². The maximum atomic E-state index is 4.11. The van der Waals surface area contributed by atoms with Crippen molar-refractivity contribution >= 4 is 11.8 Å². The van der Waals surface area contributed by atoms with Crippen molar-refractivity contribution in [2.75, 3.05) is 18.1 Å². The molecule has 0 atom stereocenters. The molecule has 1 saturated heterocycles. The fourth-order valence-corrected chi connectivity index (χ4v) is 3.08. The van der Waals surface area contributed by atoms with Crippen LogP contribution in [0.25, 0.3) is 0 Å². The van der Waals surface area contributed by atoms with E-state index in [2.05, 4.69) is 28.1 Å². The van der Waals surface area contributed by atoms with Crippen LogP contribution in [-0.2, 0) is 6.54 Å². The van der Waals surface area contributed by atoms with Gasteiger partial charge in [-0.3, -0.25) is 4.98 Å². The predicted octanol–water partition coefficient (Wildman–Crippen LogP) is 2.31. The lowest BCUT2D eigenvalue weighted by molar-refractivity contribution is 0.447. The molecule has 2 nitrogen and oxygen atoms in total. The van der Waals surface area contributed by atoms with E-state index in [1.54, 1.807) is 0 Å². The van der Waals surface area contributed by atoms with Crippen LogP contribution in [0.1, 0.15) is 18.4 Å². The van der Waals surface area contributed by atoms with Crippen LogP contribution < -0.4 is 5.32 Å². The SMILES string of the molecule is c1cncc(CNCC2CCSCC2)c1. The van der Waals surface area contributed by atoms with Gasteiger partial charge in [-0.1, -0.05) is 6.07 Å². The number of rotatable bonds is 4. The Hall–Kier alpha value is -0.540. The molecule has 2 rings (SSSR count). The zero-order chi connectivity index (χ0) is 10.3. The highest BCUT2D eigenvalue weighted by atomic mass is 32.2. The third-order valence-electron chi connectivity index (χ3n) is 2.83. The summed E-state index contributed by atoms with van der Waals surface area (Å²) in [6.45, 7) is 2.12. The first-order valence-corrected chi connectivity index (χ1v) is 6.78. The van der Waals surface area contributed by atoms with Crippen LogP contribution in [0, 0.1) is 5.92 Å². The van der Waals surface area contributed by atoms with Gasteiger partial charge in [0.1, 0.15) is 0 Å². The van der Waals surface area contributed by atoms with Gasteiger partial charge in [0.15, 0.2) is 0 Å². The summed E-state index contributed by atoms with van der Waals surface area (Å²) < 4.78 is 0. The molecule has 0 saturated carbocycles. The molecule has 0 aromatic carbocycles. The molecule has 82 valence electrons. The highest BCUT2D eigenvalue weighted by molar-refractivity contribution is 7.99. The van der Waals surface area contributed by atoms with Crippen LogP contribution in [0.4, 0.5) is 0 Å². The Labute approximate surface area is 95.9 Å². The summed E-state index contributed by atoms with van der Waals surface area (Å²) >= 11 is 2.09. The lowest BCUT2D eigenvalue weighted by Crippen LogP contribution is -2.25. The topological polar surface area (TPSA) is 24.9 Å². The Kier molecular flexibility index (Phi) is 4.48. The quantitative estimate of drug-likeness (QED) is 0.846.